The average Bonchev–Trinajstić information content (AvgIpc) is 2.63. The van der Waals surface area contributed by atoms with Gasteiger partial charge in [-0.05, 0) is 35.9 Å². The van der Waals surface area contributed by atoms with Crippen molar-refractivity contribution in [3.05, 3.63) is 104 Å². The van der Waals surface area contributed by atoms with Gasteiger partial charge in [0.15, 0.2) is 0 Å². The summed E-state index contributed by atoms with van der Waals surface area (Å²) in [4.78, 5) is 35.2. The molecule has 0 aliphatic heterocycles. The van der Waals surface area contributed by atoms with Gasteiger partial charge in [-0.15, -0.1) is 0 Å². The Hall–Kier alpha value is -3.81. The van der Waals surface area contributed by atoms with Gasteiger partial charge in [0, 0.05) is 24.0 Å². The van der Waals surface area contributed by atoms with Gasteiger partial charge in [-0.1, -0.05) is 18.2 Å². The van der Waals surface area contributed by atoms with Gasteiger partial charge in [0.25, 0.3) is 17.2 Å². The molecule has 0 saturated carbocycles. The number of aromatic nitrogens is 1. The van der Waals surface area contributed by atoms with E-state index in [4.69, 9.17) is 0 Å². The lowest BCUT2D eigenvalue weighted by Gasteiger charge is -2.09. The molecule has 3 rings (SSSR count). The molecular weight excluding hydrogens is 353 g/mol. The van der Waals surface area contributed by atoms with Crippen LogP contribution >= 0.6 is 0 Å². The van der Waals surface area contributed by atoms with E-state index in [0.29, 0.717) is 5.56 Å². The standard InChI is InChI=1S/C19H14FN3O4/c20-14-5-1-4-13(10-14)12-22-9-3-8-17(19(22)25)18(24)21-15-6-2-7-16(11-15)23(26)27/h1-11H,12H2,(H,21,24). The molecule has 0 saturated heterocycles. The number of hydrogen-bond acceptors (Lipinski definition) is 4. The Kier molecular flexibility index (Phi) is 5.07. The molecule has 0 aliphatic carbocycles. The van der Waals surface area contributed by atoms with Crippen LogP contribution in [-0.4, -0.2) is 15.4 Å². The van der Waals surface area contributed by atoms with Crippen molar-refractivity contribution in [1.82, 2.24) is 4.57 Å². The van der Waals surface area contributed by atoms with Gasteiger partial charge in [0.1, 0.15) is 11.4 Å². The van der Waals surface area contributed by atoms with Crippen molar-refractivity contribution in [3.63, 3.8) is 0 Å². The summed E-state index contributed by atoms with van der Waals surface area (Å²) in [6, 6.07) is 14.1. The highest BCUT2D eigenvalue weighted by Crippen LogP contribution is 2.17. The van der Waals surface area contributed by atoms with Crippen molar-refractivity contribution >= 4 is 17.3 Å². The number of carbonyl (C=O) groups is 1. The van der Waals surface area contributed by atoms with E-state index in [0.717, 1.165) is 0 Å². The number of halogens is 1. The summed E-state index contributed by atoms with van der Waals surface area (Å²) in [5.41, 5.74) is -0.0723. The molecule has 27 heavy (non-hydrogen) atoms. The first-order chi connectivity index (χ1) is 12.9. The van der Waals surface area contributed by atoms with E-state index in [2.05, 4.69) is 5.32 Å². The third kappa shape index (κ3) is 4.24. The smallest absolute Gasteiger partial charge is 0.271 e. The number of anilines is 1. The topological polar surface area (TPSA) is 94.2 Å². The lowest BCUT2D eigenvalue weighted by molar-refractivity contribution is -0.384. The Bertz CT molecular complexity index is 1080. The Morgan fingerprint density at radius 2 is 1.89 bits per heavy atom. The Morgan fingerprint density at radius 1 is 1.11 bits per heavy atom. The van der Waals surface area contributed by atoms with E-state index < -0.39 is 22.2 Å². The van der Waals surface area contributed by atoms with Crippen LogP contribution in [0, 0.1) is 15.9 Å². The summed E-state index contributed by atoms with van der Waals surface area (Å²) in [5, 5.41) is 13.3. The van der Waals surface area contributed by atoms with Crippen LogP contribution in [0.5, 0.6) is 0 Å². The van der Waals surface area contributed by atoms with Crippen LogP contribution in [0.3, 0.4) is 0 Å². The van der Waals surface area contributed by atoms with Crippen molar-refractivity contribution in [2.45, 2.75) is 6.54 Å². The summed E-state index contributed by atoms with van der Waals surface area (Å²) in [6.07, 6.45) is 1.50. The van der Waals surface area contributed by atoms with Gasteiger partial charge in [-0.3, -0.25) is 19.7 Å². The van der Waals surface area contributed by atoms with E-state index in [1.165, 1.54) is 65.4 Å². The monoisotopic (exact) mass is 367 g/mol. The maximum atomic E-state index is 13.3. The van der Waals surface area contributed by atoms with Gasteiger partial charge in [0.05, 0.1) is 11.5 Å². The molecule has 1 N–H and O–H groups in total. The number of nitro benzene ring substituents is 1. The number of pyridine rings is 1. The second-order valence-corrected chi connectivity index (χ2v) is 5.75. The van der Waals surface area contributed by atoms with Crippen LogP contribution in [0.1, 0.15) is 15.9 Å². The summed E-state index contributed by atoms with van der Waals surface area (Å²) < 4.78 is 14.6. The van der Waals surface area contributed by atoms with Gasteiger partial charge in [-0.25, -0.2) is 4.39 Å². The van der Waals surface area contributed by atoms with E-state index in [-0.39, 0.29) is 23.5 Å². The van der Waals surface area contributed by atoms with E-state index in [1.807, 2.05) is 0 Å². The van der Waals surface area contributed by atoms with Crippen LogP contribution in [0.2, 0.25) is 0 Å². The second kappa shape index (κ2) is 7.61. The molecule has 3 aromatic rings. The maximum absolute atomic E-state index is 13.3. The maximum Gasteiger partial charge on any atom is 0.271 e. The molecule has 0 radical (unpaired) electrons. The molecule has 1 heterocycles. The number of rotatable bonds is 5. The quantitative estimate of drug-likeness (QED) is 0.553. The minimum atomic E-state index is -0.686. The molecule has 1 amide bonds. The minimum absolute atomic E-state index is 0.106. The molecule has 0 atom stereocenters. The number of nitrogens with zero attached hydrogens (tertiary/aromatic N) is 2. The highest BCUT2D eigenvalue weighted by Gasteiger charge is 2.14. The normalized spacial score (nSPS) is 10.4. The Balaban J connectivity index is 1.84. The molecule has 1 aromatic heterocycles. The molecule has 0 bridgehead atoms. The van der Waals surface area contributed by atoms with E-state index >= 15 is 0 Å². The van der Waals surface area contributed by atoms with Crippen molar-refractivity contribution < 1.29 is 14.1 Å². The van der Waals surface area contributed by atoms with Gasteiger partial charge in [0.2, 0.25) is 0 Å². The van der Waals surface area contributed by atoms with Gasteiger partial charge >= 0.3 is 0 Å². The number of amides is 1. The summed E-state index contributed by atoms with van der Waals surface area (Å²) in [6.45, 7) is 0.106. The van der Waals surface area contributed by atoms with Crippen LogP contribution in [-0.2, 0) is 6.54 Å². The van der Waals surface area contributed by atoms with E-state index in [9.17, 15) is 24.1 Å². The second-order valence-electron chi connectivity index (χ2n) is 5.75. The predicted molar refractivity (Wildman–Crippen MR) is 97.3 cm³/mol. The third-order valence-corrected chi connectivity index (χ3v) is 3.82. The molecule has 2 aromatic carbocycles. The predicted octanol–water partition coefficient (Wildman–Crippen LogP) is 3.20. The number of nitrogens with one attached hydrogen (secondary N) is 1. The lowest BCUT2D eigenvalue weighted by atomic mass is 10.2. The number of hydrogen-bond donors (Lipinski definition) is 1. The average molecular weight is 367 g/mol. The van der Waals surface area contributed by atoms with Crippen molar-refractivity contribution in [1.29, 1.82) is 0 Å². The zero-order valence-electron chi connectivity index (χ0n) is 14.0. The minimum Gasteiger partial charge on any atom is -0.322 e. The lowest BCUT2D eigenvalue weighted by Crippen LogP contribution is -2.29. The zero-order chi connectivity index (χ0) is 19.4. The SMILES string of the molecule is O=C(Nc1cccc([N+](=O)[O-])c1)c1cccn(Cc2cccc(F)c2)c1=O. The first-order valence-corrected chi connectivity index (χ1v) is 7.94. The van der Waals surface area contributed by atoms with Crippen molar-refractivity contribution in [2.24, 2.45) is 0 Å². The number of benzene rings is 2. The van der Waals surface area contributed by atoms with Crippen molar-refractivity contribution in [2.75, 3.05) is 5.32 Å². The molecule has 0 unspecified atom stereocenters. The molecule has 7 nitrogen and oxygen atoms in total. The molecule has 8 heteroatoms. The molecular formula is C19H14FN3O4. The fourth-order valence-electron chi connectivity index (χ4n) is 2.56. The molecule has 0 aliphatic rings. The van der Waals surface area contributed by atoms with Crippen LogP contribution < -0.4 is 10.9 Å². The number of carbonyl (C=O) groups excluding carboxylic acids is 1. The van der Waals surface area contributed by atoms with Crippen LogP contribution in [0.4, 0.5) is 15.8 Å². The third-order valence-electron chi connectivity index (χ3n) is 3.82. The highest BCUT2D eigenvalue weighted by atomic mass is 19.1. The first kappa shape index (κ1) is 18.0. The summed E-state index contributed by atoms with van der Waals surface area (Å²) in [5.74, 6) is -1.10. The number of nitro groups is 1. The largest absolute Gasteiger partial charge is 0.322 e. The Labute approximate surface area is 152 Å². The summed E-state index contributed by atoms with van der Waals surface area (Å²) >= 11 is 0. The van der Waals surface area contributed by atoms with Gasteiger partial charge < -0.3 is 9.88 Å². The first-order valence-electron chi connectivity index (χ1n) is 7.94. The van der Waals surface area contributed by atoms with Crippen molar-refractivity contribution in [3.8, 4) is 0 Å². The molecule has 0 fully saturated rings. The van der Waals surface area contributed by atoms with Gasteiger partial charge in [-0.2, -0.15) is 0 Å². The highest BCUT2D eigenvalue weighted by molar-refractivity contribution is 6.04. The van der Waals surface area contributed by atoms with E-state index in [1.54, 1.807) is 6.07 Å². The van der Waals surface area contributed by atoms with Crippen LogP contribution in [0.25, 0.3) is 0 Å². The molecule has 136 valence electrons. The Morgan fingerprint density at radius 3 is 2.63 bits per heavy atom. The zero-order valence-corrected chi connectivity index (χ0v) is 14.0. The molecule has 0 spiro atoms. The number of non-ortho nitro benzene ring substituents is 1. The fourth-order valence-corrected chi connectivity index (χ4v) is 2.56. The van der Waals surface area contributed by atoms with Crippen LogP contribution in [0.15, 0.2) is 71.7 Å². The summed E-state index contributed by atoms with van der Waals surface area (Å²) in [7, 11) is 0. The fraction of sp³-hybridized carbons (Fsp3) is 0.0526.